The summed E-state index contributed by atoms with van der Waals surface area (Å²) in [5.41, 5.74) is 2.45. The van der Waals surface area contributed by atoms with Crippen LogP contribution in [0.25, 0.3) is 11.3 Å². The molecule has 12 nitrogen and oxygen atoms in total. The van der Waals surface area contributed by atoms with Gasteiger partial charge in [0.1, 0.15) is 23.0 Å². The molecule has 1 amide bonds. The van der Waals surface area contributed by atoms with Crippen LogP contribution in [-0.4, -0.2) is 73.1 Å². The zero-order valence-electron chi connectivity index (χ0n) is 27.9. The van der Waals surface area contributed by atoms with Gasteiger partial charge in [0, 0.05) is 31.9 Å². The minimum absolute atomic E-state index is 0.00417. The Balaban J connectivity index is 1.54. The number of hydrogen-bond donors (Lipinski definition) is 0. The van der Waals surface area contributed by atoms with Crippen LogP contribution in [0.2, 0.25) is 0 Å². The lowest BCUT2D eigenvalue weighted by atomic mass is 9.97. The highest BCUT2D eigenvalue weighted by molar-refractivity contribution is 7.93. The van der Waals surface area contributed by atoms with E-state index in [1.807, 2.05) is 30.0 Å². The van der Waals surface area contributed by atoms with E-state index in [4.69, 9.17) is 19.2 Å². The molecule has 2 aromatic heterocycles. The molecule has 3 heterocycles. The Kier molecular flexibility index (Phi) is 10.9. The number of ether oxygens (including phenoxy) is 3. The molecule has 1 aliphatic heterocycles. The molecule has 5 rings (SSSR count). The van der Waals surface area contributed by atoms with Crippen molar-refractivity contribution in [2.45, 2.75) is 89.3 Å². The summed E-state index contributed by atoms with van der Waals surface area (Å²) in [5, 5.41) is 0. The van der Waals surface area contributed by atoms with E-state index in [0.717, 1.165) is 66.2 Å². The van der Waals surface area contributed by atoms with Crippen LogP contribution in [0.1, 0.15) is 75.6 Å². The van der Waals surface area contributed by atoms with Crippen LogP contribution >= 0.6 is 0 Å². The second-order valence-electron chi connectivity index (χ2n) is 11.9. The van der Waals surface area contributed by atoms with Gasteiger partial charge in [-0.2, -0.15) is 0 Å². The maximum atomic E-state index is 14.4. The molecule has 2 aliphatic rings. The number of rotatable bonds is 15. The third-order valence-electron chi connectivity index (χ3n) is 8.57. The molecule has 13 heteroatoms. The van der Waals surface area contributed by atoms with Gasteiger partial charge in [0.15, 0.2) is 0 Å². The number of amides is 1. The summed E-state index contributed by atoms with van der Waals surface area (Å²) in [4.78, 5) is 33.8. The second-order valence-corrected chi connectivity index (χ2v) is 13.7. The number of aryl methyl sites for hydroxylation is 1. The van der Waals surface area contributed by atoms with E-state index >= 15 is 0 Å². The van der Waals surface area contributed by atoms with Crippen LogP contribution in [0.15, 0.2) is 52.6 Å². The Morgan fingerprint density at radius 1 is 1.09 bits per heavy atom. The number of anilines is 1. The molecule has 3 aromatic rings. The summed E-state index contributed by atoms with van der Waals surface area (Å²) in [5.74, 6) is 0.994. The van der Waals surface area contributed by atoms with E-state index in [9.17, 15) is 13.2 Å². The third-order valence-corrected chi connectivity index (χ3v) is 10.3. The summed E-state index contributed by atoms with van der Waals surface area (Å²) in [6.07, 6.45) is 9.38. The molecule has 0 N–H and O–H groups in total. The Morgan fingerprint density at radius 3 is 2.57 bits per heavy atom. The van der Waals surface area contributed by atoms with Crippen molar-refractivity contribution in [1.82, 2.24) is 19.9 Å². The average molecular weight is 665 g/mol. The molecule has 252 valence electrons. The van der Waals surface area contributed by atoms with Gasteiger partial charge < -0.3 is 14.2 Å². The van der Waals surface area contributed by atoms with Crippen molar-refractivity contribution in [3.05, 3.63) is 59.5 Å². The molecule has 47 heavy (non-hydrogen) atoms. The number of amidine groups is 1. The maximum Gasteiger partial charge on any atom is 0.269 e. The number of nitrogens with zero attached hydrogens (tertiary/aromatic N) is 6. The van der Waals surface area contributed by atoms with Gasteiger partial charge in [-0.25, -0.2) is 22.7 Å². The van der Waals surface area contributed by atoms with Gasteiger partial charge in [0.25, 0.3) is 21.8 Å². The number of carbonyl (C=O) groups is 1. The Morgan fingerprint density at radius 2 is 1.87 bits per heavy atom. The number of aliphatic imine (C=N–C) groups is 1. The number of methoxy groups -OCH3 is 2. The number of hydrogen-bond acceptors (Lipinski definition) is 10. The van der Waals surface area contributed by atoms with Gasteiger partial charge in [0.05, 0.1) is 37.8 Å². The van der Waals surface area contributed by atoms with Gasteiger partial charge in [-0.15, -0.1) is 0 Å². The highest BCUT2D eigenvalue weighted by Gasteiger charge is 2.49. The van der Waals surface area contributed by atoms with Gasteiger partial charge in [-0.1, -0.05) is 44.4 Å². The topological polar surface area (TPSA) is 136 Å². The van der Waals surface area contributed by atoms with Crippen LogP contribution in [0, 0.1) is 6.92 Å². The second kappa shape index (κ2) is 14.9. The fourth-order valence-corrected chi connectivity index (χ4v) is 7.72. The molecule has 0 radical (unpaired) electrons. The molecule has 0 atom stereocenters. The summed E-state index contributed by atoms with van der Waals surface area (Å²) in [7, 11) is -1.48. The summed E-state index contributed by atoms with van der Waals surface area (Å²) >= 11 is 0. The highest BCUT2D eigenvalue weighted by Crippen LogP contribution is 2.41. The minimum atomic E-state index is -4.29. The normalized spacial score (nSPS) is 15.8. The molecular weight excluding hydrogens is 620 g/mol. The number of pyridine rings is 1. The van der Waals surface area contributed by atoms with Gasteiger partial charge in [-0.05, 0) is 56.4 Å². The zero-order valence-corrected chi connectivity index (χ0v) is 28.7. The Labute approximate surface area is 277 Å². The number of aromatic nitrogens is 3. The third kappa shape index (κ3) is 7.02. The Hall–Kier alpha value is -3.94. The standard InChI is InChI=1S/C34H44N6O6S/c1-6-8-13-29-38-34(16-9-10-17-34)33(41)39(29)21-25-14-15-27(26(19-25)22-46-7-2)30-28(12-11-18-35-30)47(42,43)40(23-44-4)31-32(45-5)37-24(3)20-36-31/h11-12,14-15,18-20H,6-10,13,16-17,21-23H2,1-5H3. The minimum Gasteiger partial charge on any atom is -0.478 e. The number of unbranched alkanes of at least 4 members (excludes halogenated alkanes) is 1. The maximum absolute atomic E-state index is 14.4. The fraction of sp³-hybridized carbons (Fsp3) is 0.500. The van der Waals surface area contributed by atoms with Crippen molar-refractivity contribution in [1.29, 1.82) is 0 Å². The number of sulfonamides is 1. The largest absolute Gasteiger partial charge is 0.478 e. The summed E-state index contributed by atoms with van der Waals surface area (Å²) < 4.78 is 46.3. The summed E-state index contributed by atoms with van der Waals surface area (Å²) in [6.45, 7) is 6.51. The number of benzene rings is 1. The predicted octanol–water partition coefficient (Wildman–Crippen LogP) is 5.44. The lowest BCUT2D eigenvalue weighted by Crippen LogP contribution is -2.40. The van der Waals surface area contributed by atoms with Gasteiger partial charge >= 0.3 is 0 Å². The van der Waals surface area contributed by atoms with Crippen molar-refractivity contribution in [2.24, 2.45) is 4.99 Å². The molecule has 1 spiro atoms. The van der Waals surface area contributed by atoms with E-state index in [1.54, 1.807) is 19.2 Å². The number of carbonyl (C=O) groups excluding carboxylic acids is 1. The molecule has 1 aliphatic carbocycles. The SMILES string of the molecule is CCCCC1=NC2(CCCC2)C(=O)N1Cc1ccc(-c2ncccc2S(=O)(=O)N(COC)c2ncc(C)nc2OC)c(COCC)c1. The fourth-order valence-electron chi connectivity index (χ4n) is 6.23. The van der Waals surface area contributed by atoms with Gasteiger partial charge in [-0.3, -0.25) is 19.7 Å². The highest BCUT2D eigenvalue weighted by atomic mass is 32.2. The van der Waals surface area contributed by atoms with Crippen LogP contribution in [0.5, 0.6) is 5.88 Å². The van der Waals surface area contributed by atoms with Crippen molar-refractivity contribution < 1.29 is 27.4 Å². The molecule has 1 saturated carbocycles. The van der Waals surface area contributed by atoms with Crippen LogP contribution in [0.4, 0.5) is 5.82 Å². The molecule has 1 fully saturated rings. The molecule has 0 saturated heterocycles. The van der Waals surface area contributed by atoms with Crippen LogP contribution in [0.3, 0.4) is 0 Å². The zero-order chi connectivity index (χ0) is 33.6. The van der Waals surface area contributed by atoms with E-state index in [1.165, 1.54) is 26.5 Å². The Bertz CT molecular complexity index is 1720. The van der Waals surface area contributed by atoms with Crippen molar-refractivity contribution in [2.75, 3.05) is 31.9 Å². The van der Waals surface area contributed by atoms with Crippen molar-refractivity contribution >= 4 is 27.6 Å². The lowest BCUT2D eigenvalue weighted by Gasteiger charge is -2.25. The quantitative estimate of drug-likeness (QED) is 0.195. The first-order valence-corrected chi connectivity index (χ1v) is 17.6. The van der Waals surface area contributed by atoms with Gasteiger partial charge in [0.2, 0.25) is 5.82 Å². The monoisotopic (exact) mass is 664 g/mol. The first-order valence-electron chi connectivity index (χ1n) is 16.1. The van der Waals surface area contributed by atoms with E-state index in [-0.39, 0.29) is 41.5 Å². The van der Waals surface area contributed by atoms with Crippen molar-refractivity contribution in [3.8, 4) is 17.1 Å². The molecular formula is C34H44N6O6S. The van der Waals surface area contributed by atoms with Crippen LogP contribution in [-0.2, 0) is 37.4 Å². The molecule has 0 unspecified atom stereocenters. The molecule has 0 bridgehead atoms. The molecule has 1 aromatic carbocycles. The van der Waals surface area contributed by atoms with E-state index in [2.05, 4.69) is 21.9 Å². The smallest absolute Gasteiger partial charge is 0.269 e. The average Bonchev–Trinajstić information content (AvgIpc) is 3.65. The summed E-state index contributed by atoms with van der Waals surface area (Å²) in [6, 6.07) is 8.83. The first-order chi connectivity index (χ1) is 22.7. The first kappa shape index (κ1) is 34.4. The lowest BCUT2D eigenvalue weighted by molar-refractivity contribution is -0.131. The van der Waals surface area contributed by atoms with E-state index < -0.39 is 15.6 Å². The predicted molar refractivity (Wildman–Crippen MR) is 179 cm³/mol. The van der Waals surface area contributed by atoms with Crippen molar-refractivity contribution in [3.63, 3.8) is 0 Å². The van der Waals surface area contributed by atoms with E-state index in [0.29, 0.717) is 24.4 Å². The van der Waals surface area contributed by atoms with Crippen LogP contribution < -0.4 is 9.04 Å².